The summed E-state index contributed by atoms with van der Waals surface area (Å²) in [5.41, 5.74) is 1.77. The lowest BCUT2D eigenvalue weighted by atomic mass is 10.2. The Labute approximate surface area is 98.9 Å². The highest BCUT2D eigenvalue weighted by atomic mass is 16.1. The van der Waals surface area contributed by atoms with Gasteiger partial charge in [-0.15, -0.1) is 0 Å². The van der Waals surface area contributed by atoms with Crippen LogP contribution in [0, 0.1) is 6.92 Å². The zero-order chi connectivity index (χ0) is 12.4. The number of nitrogens with zero attached hydrogens (tertiary/aromatic N) is 4. The standard InChI is InChI=1S/C11H15N5O/c1-8-9(11(12-2)15(3)14-8)7-16-10(17)5-4-6-13-16/h4-6,12H,7H2,1-3H3. The summed E-state index contributed by atoms with van der Waals surface area (Å²) >= 11 is 0. The highest BCUT2D eigenvalue weighted by Crippen LogP contribution is 2.18. The van der Waals surface area contributed by atoms with Crippen molar-refractivity contribution in [2.45, 2.75) is 13.5 Å². The fourth-order valence-corrected chi connectivity index (χ4v) is 1.86. The Balaban J connectivity index is 2.43. The van der Waals surface area contributed by atoms with Crippen molar-refractivity contribution in [1.29, 1.82) is 0 Å². The summed E-state index contributed by atoms with van der Waals surface area (Å²) in [5.74, 6) is 0.903. The average Bonchev–Trinajstić information content (AvgIpc) is 2.56. The molecule has 6 nitrogen and oxygen atoms in total. The molecule has 0 radical (unpaired) electrons. The predicted octanol–water partition coefficient (Wildman–Crippen LogP) is 0.375. The number of rotatable bonds is 3. The van der Waals surface area contributed by atoms with Gasteiger partial charge in [0.2, 0.25) is 0 Å². The van der Waals surface area contributed by atoms with Crippen LogP contribution in [0.1, 0.15) is 11.3 Å². The van der Waals surface area contributed by atoms with Gasteiger partial charge in [0.25, 0.3) is 5.56 Å². The Morgan fingerprint density at radius 2 is 2.24 bits per heavy atom. The van der Waals surface area contributed by atoms with E-state index in [-0.39, 0.29) is 5.56 Å². The minimum absolute atomic E-state index is 0.113. The summed E-state index contributed by atoms with van der Waals surface area (Å²) in [6.45, 7) is 2.35. The van der Waals surface area contributed by atoms with Crippen molar-refractivity contribution in [2.24, 2.45) is 7.05 Å². The van der Waals surface area contributed by atoms with Gasteiger partial charge in [-0.05, 0) is 13.0 Å². The van der Waals surface area contributed by atoms with E-state index >= 15 is 0 Å². The van der Waals surface area contributed by atoms with Crippen LogP contribution in [-0.2, 0) is 13.6 Å². The van der Waals surface area contributed by atoms with E-state index in [1.165, 1.54) is 10.7 Å². The summed E-state index contributed by atoms with van der Waals surface area (Å²) in [7, 11) is 3.70. The molecular weight excluding hydrogens is 218 g/mol. The first-order valence-electron chi connectivity index (χ1n) is 5.36. The summed E-state index contributed by atoms with van der Waals surface area (Å²) in [6.07, 6.45) is 1.60. The number of anilines is 1. The van der Waals surface area contributed by atoms with Gasteiger partial charge in [-0.25, -0.2) is 4.68 Å². The molecule has 0 aromatic carbocycles. The Morgan fingerprint density at radius 3 is 2.88 bits per heavy atom. The molecular formula is C11H15N5O. The Bertz CT molecular complexity index is 584. The first-order chi connectivity index (χ1) is 8.13. The molecule has 0 amide bonds. The molecule has 0 bridgehead atoms. The number of aromatic nitrogens is 4. The van der Waals surface area contributed by atoms with Crippen LogP contribution in [-0.4, -0.2) is 26.6 Å². The predicted molar refractivity (Wildman–Crippen MR) is 65.1 cm³/mol. The molecule has 2 rings (SSSR count). The zero-order valence-corrected chi connectivity index (χ0v) is 10.1. The maximum atomic E-state index is 11.6. The van der Waals surface area contributed by atoms with Crippen LogP contribution in [0.15, 0.2) is 23.1 Å². The maximum Gasteiger partial charge on any atom is 0.267 e. The third-order valence-corrected chi connectivity index (χ3v) is 2.68. The van der Waals surface area contributed by atoms with Gasteiger partial charge in [-0.2, -0.15) is 10.2 Å². The smallest absolute Gasteiger partial charge is 0.267 e. The average molecular weight is 233 g/mol. The van der Waals surface area contributed by atoms with Gasteiger partial charge >= 0.3 is 0 Å². The van der Waals surface area contributed by atoms with Crippen LogP contribution < -0.4 is 10.9 Å². The lowest BCUT2D eigenvalue weighted by Crippen LogP contribution is -2.22. The van der Waals surface area contributed by atoms with Crippen LogP contribution in [0.2, 0.25) is 0 Å². The highest BCUT2D eigenvalue weighted by molar-refractivity contribution is 5.46. The van der Waals surface area contributed by atoms with E-state index in [4.69, 9.17) is 0 Å². The molecule has 2 aromatic rings. The molecule has 17 heavy (non-hydrogen) atoms. The lowest BCUT2D eigenvalue weighted by Gasteiger charge is -2.06. The van der Waals surface area contributed by atoms with Crippen LogP contribution in [0.5, 0.6) is 0 Å². The van der Waals surface area contributed by atoms with Crippen molar-refractivity contribution in [3.8, 4) is 0 Å². The fraction of sp³-hybridized carbons (Fsp3) is 0.364. The van der Waals surface area contributed by atoms with Crippen LogP contribution in [0.4, 0.5) is 5.82 Å². The number of nitrogens with one attached hydrogen (secondary N) is 1. The molecule has 0 aliphatic rings. The molecule has 0 saturated carbocycles. The molecule has 0 fully saturated rings. The molecule has 0 atom stereocenters. The van der Waals surface area contributed by atoms with Crippen molar-refractivity contribution < 1.29 is 0 Å². The van der Waals surface area contributed by atoms with E-state index in [1.54, 1.807) is 16.9 Å². The summed E-state index contributed by atoms with van der Waals surface area (Å²) in [5, 5.41) is 11.4. The minimum atomic E-state index is -0.113. The van der Waals surface area contributed by atoms with E-state index in [9.17, 15) is 4.79 Å². The molecule has 2 heterocycles. The summed E-state index contributed by atoms with van der Waals surface area (Å²) in [6, 6.07) is 3.13. The van der Waals surface area contributed by atoms with Gasteiger partial charge in [0.05, 0.1) is 12.2 Å². The van der Waals surface area contributed by atoms with Gasteiger partial charge < -0.3 is 5.32 Å². The maximum absolute atomic E-state index is 11.6. The molecule has 0 spiro atoms. The summed E-state index contributed by atoms with van der Waals surface area (Å²) < 4.78 is 3.18. The van der Waals surface area contributed by atoms with Crippen LogP contribution in [0.3, 0.4) is 0 Å². The molecule has 2 aromatic heterocycles. The fourth-order valence-electron chi connectivity index (χ4n) is 1.86. The SMILES string of the molecule is CNc1c(Cn2ncccc2=O)c(C)nn1C. The van der Waals surface area contributed by atoms with E-state index in [2.05, 4.69) is 15.5 Å². The molecule has 0 unspecified atom stereocenters. The quantitative estimate of drug-likeness (QED) is 0.832. The number of hydrogen-bond donors (Lipinski definition) is 1. The lowest BCUT2D eigenvalue weighted by molar-refractivity contribution is 0.637. The van der Waals surface area contributed by atoms with Gasteiger partial charge in [0.15, 0.2) is 0 Å². The van der Waals surface area contributed by atoms with Gasteiger partial charge in [0, 0.05) is 31.9 Å². The Kier molecular flexibility index (Phi) is 2.95. The Hall–Kier alpha value is -2.11. The molecule has 0 aliphatic heterocycles. The van der Waals surface area contributed by atoms with E-state index in [1.807, 2.05) is 21.0 Å². The second-order valence-electron chi connectivity index (χ2n) is 3.81. The topological polar surface area (TPSA) is 64.7 Å². The van der Waals surface area contributed by atoms with Crippen molar-refractivity contribution in [3.05, 3.63) is 39.9 Å². The first kappa shape index (κ1) is 11.4. The van der Waals surface area contributed by atoms with Crippen molar-refractivity contribution in [1.82, 2.24) is 19.6 Å². The Morgan fingerprint density at radius 1 is 1.47 bits per heavy atom. The van der Waals surface area contributed by atoms with Gasteiger partial charge in [-0.3, -0.25) is 9.48 Å². The van der Waals surface area contributed by atoms with Crippen molar-refractivity contribution >= 4 is 5.82 Å². The first-order valence-corrected chi connectivity index (χ1v) is 5.36. The second-order valence-corrected chi connectivity index (χ2v) is 3.81. The third-order valence-electron chi connectivity index (χ3n) is 2.68. The number of aryl methyl sites for hydroxylation is 2. The zero-order valence-electron chi connectivity index (χ0n) is 10.1. The largest absolute Gasteiger partial charge is 0.373 e. The number of hydrogen-bond acceptors (Lipinski definition) is 4. The van der Waals surface area contributed by atoms with Gasteiger partial charge in [0.1, 0.15) is 5.82 Å². The van der Waals surface area contributed by atoms with Gasteiger partial charge in [-0.1, -0.05) is 0 Å². The molecule has 0 aliphatic carbocycles. The van der Waals surface area contributed by atoms with E-state index in [0.717, 1.165) is 17.1 Å². The minimum Gasteiger partial charge on any atom is -0.373 e. The third kappa shape index (κ3) is 2.06. The van der Waals surface area contributed by atoms with Crippen molar-refractivity contribution in [3.63, 3.8) is 0 Å². The normalized spacial score (nSPS) is 10.5. The molecule has 6 heteroatoms. The van der Waals surface area contributed by atoms with Crippen LogP contribution >= 0.6 is 0 Å². The van der Waals surface area contributed by atoms with Crippen molar-refractivity contribution in [2.75, 3.05) is 12.4 Å². The van der Waals surface area contributed by atoms with E-state index < -0.39 is 0 Å². The molecule has 1 N–H and O–H groups in total. The molecule has 0 saturated heterocycles. The van der Waals surface area contributed by atoms with Crippen LogP contribution in [0.25, 0.3) is 0 Å². The highest BCUT2D eigenvalue weighted by Gasteiger charge is 2.13. The second kappa shape index (κ2) is 4.40. The molecule has 90 valence electrons. The monoisotopic (exact) mass is 233 g/mol. The summed E-state index contributed by atoms with van der Waals surface area (Å²) in [4.78, 5) is 11.6. The van der Waals surface area contributed by atoms with E-state index in [0.29, 0.717) is 6.54 Å².